The minimum absolute atomic E-state index is 0.0880. The predicted octanol–water partition coefficient (Wildman–Crippen LogP) is 2.65. The molecule has 2 unspecified atom stereocenters. The number of aromatic amines is 2. The second-order valence-corrected chi connectivity index (χ2v) is 8.84. The van der Waals surface area contributed by atoms with E-state index >= 15 is 0 Å². The van der Waals surface area contributed by atoms with E-state index in [-0.39, 0.29) is 17.3 Å². The van der Waals surface area contributed by atoms with Crippen LogP contribution in [0.1, 0.15) is 44.6 Å². The van der Waals surface area contributed by atoms with Crippen molar-refractivity contribution in [1.82, 2.24) is 24.7 Å². The Morgan fingerprint density at radius 1 is 1.25 bits per heavy atom. The quantitative estimate of drug-likeness (QED) is 0.678. The maximum Gasteiger partial charge on any atom is 0.328 e. The molecule has 4 fully saturated rings. The van der Waals surface area contributed by atoms with E-state index < -0.39 is 0 Å². The summed E-state index contributed by atoms with van der Waals surface area (Å²) in [6.07, 6.45) is 7.64. The van der Waals surface area contributed by atoms with Crippen molar-refractivity contribution < 1.29 is 4.74 Å². The molecule has 0 radical (unpaired) electrons. The number of aromatic nitrogens is 5. The summed E-state index contributed by atoms with van der Waals surface area (Å²) in [5.74, 6) is 1.52. The number of ether oxygens (including phenoxy) is 1. The summed E-state index contributed by atoms with van der Waals surface area (Å²) < 4.78 is 8.25. The van der Waals surface area contributed by atoms with E-state index in [4.69, 9.17) is 10.00 Å². The molecule has 4 saturated carbocycles. The first-order chi connectivity index (χ1) is 13.7. The third-order valence-electron chi connectivity index (χ3n) is 7.23. The molecule has 3 aromatic rings. The van der Waals surface area contributed by atoms with Gasteiger partial charge in [-0.15, -0.1) is 10.2 Å². The van der Waals surface area contributed by atoms with Gasteiger partial charge in [-0.05, 0) is 55.9 Å². The average Bonchev–Trinajstić information content (AvgIpc) is 3.25. The summed E-state index contributed by atoms with van der Waals surface area (Å²) in [5, 5.41) is 18.2. The summed E-state index contributed by atoms with van der Waals surface area (Å²) >= 11 is 0. The molecule has 4 aliphatic carbocycles. The molecule has 0 saturated heterocycles. The normalized spacial score (nSPS) is 33.7. The summed E-state index contributed by atoms with van der Waals surface area (Å²) in [6, 6.07) is 4.33. The number of nitriles is 1. The first-order valence-electron chi connectivity index (χ1n) is 10.1. The summed E-state index contributed by atoms with van der Waals surface area (Å²) in [5.41, 5.74) is 1.96. The second-order valence-electron chi connectivity index (χ2n) is 8.84. The Balaban J connectivity index is 1.44. The van der Waals surface area contributed by atoms with E-state index in [1.54, 1.807) is 0 Å². The highest BCUT2D eigenvalue weighted by molar-refractivity contribution is 5.99. The lowest BCUT2D eigenvalue weighted by atomic mass is 9.52. The van der Waals surface area contributed by atoms with E-state index in [9.17, 15) is 4.79 Å². The molecular formula is C20H22N6O2. The molecule has 28 heavy (non-hydrogen) atoms. The SMILES string of the molecule is N#CCCOC12CC3CC(C1)C(n1c(=O)[nH]c4nnc5[nH]ccc5c41)C(C3)C2. The Labute approximate surface area is 160 Å². The average molecular weight is 378 g/mol. The van der Waals surface area contributed by atoms with E-state index in [1.165, 1.54) is 0 Å². The summed E-state index contributed by atoms with van der Waals surface area (Å²) in [4.78, 5) is 19.0. The summed E-state index contributed by atoms with van der Waals surface area (Å²) in [6.45, 7) is 0.514. The van der Waals surface area contributed by atoms with Crippen LogP contribution in [0.25, 0.3) is 22.2 Å². The lowest BCUT2D eigenvalue weighted by molar-refractivity contribution is -0.178. The highest BCUT2D eigenvalue weighted by Gasteiger charge is 2.57. The van der Waals surface area contributed by atoms with Gasteiger partial charge >= 0.3 is 5.69 Å². The molecule has 7 rings (SSSR count). The van der Waals surface area contributed by atoms with Gasteiger partial charge in [0.25, 0.3) is 0 Å². The minimum atomic E-state index is -0.0945. The van der Waals surface area contributed by atoms with Crippen LogP contribution in [0.4, 0.5) is 0 Å². The fourth-order valence-electron chi connectivity index (χ4n) is 6.62. The Kier molecular flexibility index (Phi) is 3.30. The van der Waals surface area contributed by atoms with Crippen LogP contribution < -0.4 is 5.69 Å². The zero-order valence-electron chi connectivity index (χ0n) is 15.5. The Hall–Kier alpha value is -2.66. The number of rotatable bonds is 4. The van der Waals surface area contributed by atoms with Crippen molar-refractivity contribution in [2.75, 3.05) is 6.61 Å². The zero-order valence-corrected chi connectivity index (χ0v) is 15.5. The van der Waals surface area contributed by atoms with E-state index in [0.717, 1.165) is 43.0 Å². The number of nitrogens with zero attached hydrogens (tertiary/aromatic N) is 4. The number of hydrogen-bond acceptors (Lipinski definition) is 5. The molecule has 4 bridgehead atoms. The minimum Gasteiger partial charge on any atom is -0.374 e. The van der Waals surface area contributed by atoms with Crippen molar-refractivity contribution in [2.24, 2.45) is 17.8 Å². The molecule has 0 spiro atoms. The molecule has 8 heteroatoms. The van der Waals surface area contributed by atoms with Crippen LogP contribution in [0.5, 0.6) is 0 Å². The third kappa shape index (κ3) is 2.17. The van der Waals surface area contributed by atoms with Crippen molar-refractivity contribution in [3.8, 4) is 6.07 Å². The van der Waals surface area contributed by atoms with E-state index in [0.29, 0.717) is 42.1 Å². The van der Waals surface area contributed by atoms with Gasteiger partial charge in [-0.2, -0.15) is 5.26 Å². The van der Waals surface area contributed by atoms with Crippen molar-refractivity contribution in [1.29, 1.82) is 5.26 Å². The lowest BCUT2D eigenvalue weighted by Crippen LogP contribution is -2.57. The summed E-state index contributed by atoms with van der Waals surface area (Å²) in [7, 11) is 0. The van der Waals surface area contributed by atoms with Crippen LogP contribution in [0, 0.1) is 29.1 Å². The Bertz CT molecular complexity index is 1150. The fraction of sp³-hybridized carbons (Fsp3) is 0.600. The van der Waals surface area contributed by atoms with Crippen LogP contribution in [0.3, 0.4) is 0 Å². The molecule has 3 heterocycles. The highest BCUT2D eigenvalue weighted by Crippen LogP contribution is 2.61. The first kappa shape index (κ1) is 16.3. The Morgan fingerprint density at radius 2 is 2.04 bits per heavy atom. The third-order valence-corrected chi connectivity index (χ3v) is 7.23. The second kappa shape index (κ2) is 5.67. The molecule has 0 aromatic carbocycles. The van der Waals surface area contributed by atoms with Gasteiger partial charge in [-0.3, -0.25) is 9.55 Å². The molecule has 2 N–H and O–H groups in total. The number of H-pyrrole nitrogens is 2. The molecule has 0 aliphatic heterocycles. The highest BCUT2D eigenvalue weighted by atomic mass is 16.5. The molecule has 3 aromatic heterocycles. The molecule has 4 aliphatic rings. The van der Waals surface area contributed by atoms with Gasteiger partial charge in [-0.1, -0.05) is 0 Å². The topological polar surface area (TPSA) is 112 Å². The van der Waals surface area contributed by atoms with Crippen LogP contribution in [0.15, 0.2) is 17.1 Å². The standard InChI is InChI=1S/C20H22N6O2/c21-3-1-5-28-20-8-11-6-12(9-20)15(13(7-11)10-20)26-16-14-2-4-22-17(14)24-25-18(16)23-19(26)27/h2,4,11-13,15H,1,5-10H2,(H,22,24)(H,23,25,27). The monoisotopic (exact) mass is 378 g/mol. The maximum absolute atomic E-state index is 13.0. The number of nitrogens with one attached hydrogen (secondary N) is 2. The Morgan fingerprint density at radius 3 is 2.82 bits per heavy atom. The smallest absolute Gasteiger partial charge is 0.328 e. The lowest BCUT2D eigenvalue weighted by Gasteiger charge is -2.59. The molecule has 144 valence electrons. The first-order valence-corrected chi connectivity index (χ1v) is 10.1. The van der Waals surface area contributed by atoms with Gasteiger partial charge in [-0.25, -0.2) is 4.79 Å². The van der Waals surface area contributed by atoms with Gasteiger partial charge in [0.2, 0.25) is 0 Å². The number of fused-ring (bicyclic) bond motifs is 3. The van der Waals surface area contributed by atoms with Gasteiger partial charge < -0.3 is 9.72 Å². The molecule has 8 nitrogen and oxygen atoms in total. The number of hydrogen-bond donors (Lipinski definition) is 2. The van der Waals surface area contributed by atoms with Gasteiger partial charge in [0.1, 0.15) is 5.52 Å². The van der Waals surface area contributed by atoms with Gasteiger partial charge in [0, 0.05) is 17.6 Å². The van der Waals surface area contributed by atoms with Crippen LogP contribution in [-0.2, 0) is 4.74 Å². The van der Waals surface area contributed by atoms with Gasteiger partial charge in [0.15, 0.2) is 11.3 Å². The molecule has 0 amide bonds. The molecule has 2 atom stereocenters. The zero-order chi connectivity index (χ0) is 18.9. The van der Waals surface area contributed by atoms with Crippen LogP contribution >= 0.6 is 0 Å². The van der Waals surface area contributed by atoms with Crippen LogP contribution in [-0.4, -0.2) is 36.9 Å². The predicted molar refractivity (Wildman–Crippen MR) is 102 cm³/mol. The molecular weight excluding hydrogens is 356 g/mol. The largest absolute Gasteiger partial charge is 0.374 e. The van der Waals surface area contributed by atoms with Crippen molar-refractivity contribution >= 4 is 22.2 Å². The van der Waals surface area contributed by atoms with Crippen molar-refractivity contribution in [2.45, 2.75) is 50.2 Å². The van der Waals surface area contributed by atoms with Crippen molar-refractivity contribution in [3.63, 3.8) is 0 Å². The fourth-order valence-corrected chi connectivity index (χ4v) is 6.62. The van der Waals surface area contributed by atoms with E-state index in [1.807, 2.05) is 16.8 Å². The van der Waals surface area contributed by atoms with E-state index in [2.05, 4.69) is 26.2 Å². The van der Waals surface area contributed by atoms with Crippen LogP contribution in [0.2, 0.25) is 0 Å². The number of imidazole rings is 1. The van der Waals surface area contributed by atoms with Gasteiger partial charge in [0.05, 0.1) is 24.7 Å². The van der Waals surface area contributed by atoms with Crippen molar-refractivity contribution in [3.05, 3.63) is 22.7 Å². The maximum atomic E-state index is 13.0.